The molecule has 3 rings (SSSR count). The maximum atomic E-state index is 12.8. The van der Waals surface area contributed by atoms with Crippen LogP contribution in [0.15, 0.2) is 12.1 Å². The Balaban J connectivity index is 2.04. The molecule has 160 valence electrons. The quantitative estimate of drug-likeness (QED) is 0.337. The molecule has 0 radical (unpaired) electrons. The average Bonchev–Trinajstić information content (AvgIpc) is 3.13. The van der Waals surface area contributed by atoms with Gasteiger partial charge in [0, 0.05) is 11.1 Å². The van der Waals surface area contributed by atoms with Crippen LogP contribution in [0.5, 0.6) is 0 Å². The maximum absolute atomic E-state index is 12.8. The van der Waals surface area contributed by atoms with Crippen LogP contribution in [0.2, 0.25) is 0 Å². The van der Waals surface area contributed by atoms with Crippen LogP contribution in [0.4, 0.5) is 0 Å². The first-order chi connectivity index (χ1) is 14.2. The molecule has 3 N–H and O–H groups in total. The lowest BCUT2D eigenvalue weighted by molar-refractivity contribution is -0.151. The minimum absolute atomic E-state index is 0.0669. The van der Waals surface area contributed by atoms with Gasteiger partial charge in [0.2, 0.25) is 0 Å². The molecule has 2 heterocycles. The van der Waals surface area contributed by atoms with Gasteiger partial charge in [0.25, 0.3) is 17.7 Å². The first-order valence-corrected chi connectivity index (χ1v) is 8.67. The molecule has 0 saturated heterocycles. The van der Waals surface area contributed by atoms with Crippen molar-refractivity contribution in [2.45, 2.75) is 18.3 Å². The van der Waals surface area contributed by atoms with E-state index in [1.807, 2.05) is 0 Å². The molecule has 2 aliphatic heterocycles. The minimum Gasteiger partial charge on any atom is -0.467 e. The third-order valence-electron chi connectivity index (χ3n) is 5.03. The first kappa shape index (κ1) is 21.4. The first-order valence-electron chi connectivity index (χ1n) is 8.67. The van der Waals surface area contributed by atoms with Gasteiger partial charge in [-0.3, -0.25) is 24.2 Å². The highest BCUT2D eigenvalue weighted by Gasteiger charge is 2.48. The van der Waals surface area contributed by atoms with E-state index in [0.717, 1.165) is 26.4 Å². The van der Waals surface area contributed by atoms with Gasteiger partial charge in [-0.25, -0.2) is 9.59 Å². The molecule has 0 spiro atoms. The lowest BCUT2D eigenvalue weighted by atomic mass is 10.0. The summed E-state index contributed by atoms with van der Waals surface area (Å²) in [7, 11) is 2.07. The van der Waals surface area contributed by atoms with E-state index >= 15 is 0 Å². The van der Waals surface area contributed by atoms with E-state index in [1.165, 1.54) is 0 Å². The number of methoxy groups -OCH3 is 2. The van der Waals surface area contributed by atoms with E-state index in [9.17, 15) is 39.3 Å². The molecule has 1 aromatic rings. The second-order valence-electron chi connectivity index (χ2n) is 6.49. The molecule has 3 amide bonds. The van der Waals surface area contributed by atoms with E-state index < -0.39 is 61.2 Å². The molecule has 0 saturated carbocycles. The molecular weight excluding hydrogens is 404 g/mol. The summed E-state index contributed by atoms with van der Waals surface area (Å²) in [6.45, 7) is -1.70. The van der Waals surface area contributed by atoms with Crippen molar-refractivity contribution in [1.29, 1.82) is 0 Å². The Morgan fingerprint density at radius 1 is 0.900 bits per heavy atom. The Bertz CT molecular complexity index is 959. The van der Waals surface area contributed by atoms with Crippen molar-refractivity contribution in [2.75, 3.05) is 27.4 Å². The van der Waals surface area contributed by atoms with Gasteiger partial charge in [0.1, 0.15) is 0 Å². The van der Waals surface area contributed by atoms with Crippen molar-refractivity contribution in [3.05, 3.63) is 34.4 Å². The summed E-state index contributed by atoms with van der Waals surface area (Å²) < 4.78 is 9.02. The number of imide groups is 1. The number of nitrogens with zero attached hydrogens (tertiary/aromatic N) is 2. The van der Waals surface area contributed by atoms with Crippen molar-refractivity contribution in [3.63, 3.8) is 0 Å². The number of benzene rings is 1. The van der Waals surface area contributed by atoms with E-state index in [-0.39, 0.29) is 22.3 Å². The van der Waals surface area contributed by atoms with Crippen molar-refractivity contribution >= 4 is 29.7 Å². The zero-order valence-electron chi connectivity index (χ0n) is 15.9. The fourth-order valence-corrected chi connectivity index (χ4v) is 3.53. The largest absolute Gasteiger partial charge is 0.467 e. The van der Waals surface area contributed by atoms with Crippen molar-refractivity contribution in [3.8, 4) is 0 Å². The van der Waals surface area contributed by atoms with E-state index in [4.69, 9.17) is 0 Å². The van der Waals surface area contributed by atoms with Crippen molar-refractivity contribution in [1.82, 2.24) is 9.80 Å². The van der Waals surface area contributed by atoms with Crippen LogP contribution in [0.25, 0.3) is 0 Å². The zero-order valence-corrected chi connectivity index (χ0v) is 15.9. The normalized spacial score (nSPS) is 19.5. The number of rotatable bonds is 6. The molecule has 0 aliphatic carbocycles. The summed E-state index contributed by atoms with van der Waals surface area (Å²) in [4.78, 5) is 63.1. The Morgan fingerprint density at radius 3 is 1.90 bits per heavy atom. The van der Waals surface area contributed by atoms with Crippen LogP contribution in [-0.4, -0.2) is 94.3 Å². The summed E-state index contributed by atoms with van der Waals surface area (Å²) in [5.74, 6) is -4.70. The smallest absolute Gasteiger partial charge is 0.331 e. The number of aliphatic hydroxyl groups excluding tert-OH is 3. The van der Waals surface area contributed by atoms with Crippen molar-refractivity contribution < 1.29 is 48.8 Å². The molecule has 12 heteroatoms. The van der Waals surface area contributed by atoms with Gasteiger partial charge in [-0.05, 0) is 12.1 Å². The Morgan fingerprint density at radius 2 is 1.40 bits per heavy atom. The lowest BCUT2D eigenvalue weighted by Gasteiger charge is -2.27. The summed E-state index contributed by atoms with van der Waals surface area (Å²) >= 11 is 0. The van der Waals surface area contributed by atoms with E-state index in [0.29, 0.717) is 9.80 Å². The monoisotopic (exact) mass is 422 g/mol. The van der Waals surface area contributed by atoms with Crippen LogP contribution in [-0.2, 0) is 19.1 Å². The number of amides is 3. The standard InChI is InChI=1S/C18H18N2O10/c1-29-17(27)11(5-21)19-13(23)7-3-9-10(4-8(7)14(19)24)16(26)20(15(9)25)12(6-22)18(28)30-2/h3-4,11-13,21-23H,5-6H2,1-2H3. The maximum Gasteiger partial charge on any atom is 0.331 e. The highest BCUT2D eigenvalue weighted by Crippen LogP contribution is 2.38. The van der Waals surface area contributed by atoms with Crippen LogP contribution in [0, 0.1) is 0 Å². The lowest BCUT2D eigenvalue weighted by Crippen LogP contribution is -2.47. The van der Waals surface area contributed by atoms with Gasteiger partial charge < -0.3 is 24.8 Å². The molecule has 0 aromatic heterocycles. The van der Waals surface area contributed by atoms with Crippen LogP contribution < -0.4 is 0 Å². The highest BCUT2D eigenvalue weighted by molar-refractivity contribution is 6.23. The zero-order chi connectivity index (χ0) is 22.3. The molecule has 0 fully saturated rings. The van der Waals surface area contributed by atoms with Gasteiger partial charge in [-0.15, -0.1) is 0 Å². The summed E-state index contributed by atoms with van der Waals surface area (Å²) in [6.07, 6.45) is -1.69. The van der Waals surface area contributed by atoms with Gasteiger partial charge in [-0.2, -0.15) is 0 Å². The number of hydrogen-bond donors (Lipinski definition) is 3. The van der Waals surface area contributed by atoms with Crippen LogP contribution >= 0.6 is 0 Å². The number of hydrogen-bond acceptors (Lipinski definition) is 10. The number of esters is 2. The van der Waals surface area contributed by atoms with E-state index in [1.54, 1.807) is 0 Å². The number of aliphatic hydroxyl groups is 3. The molecule has 1 aromatic carbocycles. The van der Waals surface area contributed by atoms with E-state index in [2.05, 4.69) is 9.47 Å². The van der Waals surface area contributed by atoms with Gasteiger partial charge in [0.15, 0.2) is 18.3 Å². The molecule has 3 unspecified atom stereocenters. The molecule has 12 nitrogen and oxygen atoms in total. The highest BCUT2D eigenvalue weighted by atomic mass is 16.5. The SMILES string of the molecule is COC(=O)C(CO)N1C(=O)c2cc3c(cc2C1=O)C(O)N(C(CO)C(=O)OC)C3=O. The number of ether oxygens (including phenoxy) is 2. The molecule has 2 aliphatic rings. The van der Waals surface area contributed by atoms with Gasteiger partial charge >= 0.3 is 11.9 Å². The second-order valence-corrected chi connectivity index (χ2v) is 6.49. The number of carbonyl (C=O) groups excluding carboxylic acids is 5. The number of carbonyl (C=O) groups is 5. The second kappa shape index (κ2) is 7.82. The summed E-state index contributed by atoms with van der Waals surface area (Å²) in [5.41, 5.74) is -0.650. The minimum atomic E-state index is -1.69. The number of fused-ring (bicyclic) bond motifs is 2. The predicted octanol–water partition coefficient (Wildman–Crippen LogP) is -2.20. The van der Waals surface area contributed by atoms with Crippen molar-refractivity contribution in [2.24, 2.45) is 0 Å². The fourth-order valence-electron chi connectivity index (χ4n) is 3.53. The third-order valence-corrected chi connectivity index (χ3v) is 5.03. The predicted molar refractivity (Wildman–Crippen MR) is 93.9 cm³/mol. The van der Waals surface area contributed by atoms with Gasteiger partial charge in [0.05, 0.1) is 38.6 Å². The summed E-state index contributed by atoms with van der Waals surface area (Å²) in [5, 5.41) is 29.5. The van der Waals surface area contributed by atoms with Gasteiger partial charge in [-0.1, -0.05) is 0 Å². The van der Waals surface area contributed by atoms with Crippen LogP contribution in [0.1, 0.15) is 42.9 Å². The molecule has 3 atom stereocenters. The Labute approximate surface area is 169 Å². The molecular formula is C18H18N2O10. The average molecular weight is 422 g/mol. The summed E-state index contributed by atoms with van der Waals surface area (Å²) in [6, 6.07) is -0.910. The fraction of sp³-hybridized carbons (Fsp3) is 0.389. The Hall–Kier alpha value is -3.35. The molecule has 30 heavy (non-hydrogen) atoms. The topological polar surface area (TPSA) is 171 Å². The Kier molecular flexibility index (Phi) is 5.57. The van der Waals surface area contributed by atoms with Crippen LogP contribution in [0.3, 0.4) is 0 Å². The molecule has 0 bridgehead atoms. The third kappa shape index (κ3) is 2.93.